The maximum absolute atomic E-state index is 12.4. The van der Waals surface area contributed by atoms with E-state index in [0.717, 1.165) is 10.1 Å². The van der Waals surface area contributed by atoms with E-state index < -0.39 is 29.1 Å². The summed E-state index contributed by atoms with van der Waals surface area (Å²) in [6.07, 6.45) is 0.728. The van der Waals surface area contributed by atoms with Crippen LogP contribution in [0.3, 0.4) is 0 Å². The smallest absolute Gasteiger partial charge is 0.333 e. The average molecular weight is 484 g/mol. The lowest BCUT2D eigenvalue weighted by Gasteiger charge is -2.13. The fourth-order valence-electron chi connectivity index (χ4n) is 2.85. The van der Waals surface area contributed by atoms with E-state index in [1.165, 1.54) is 13.8 Å². The van der Waals surface area contributed by atoms with Gasteiger partial charge in [0.25, 0.3) is 5.56 Å². The number of carbonyl (C=O) groups is 2. The summed E-state index contributed by atoms with van der Waals surface area (Å²) >= 11 is 0. The topological polar surface area (TPSA) is 140 Å². The summed E-state index contributed by atoms with van der Waals surface area (Å²) < 4.78 is 11.0. The molecule has 0 radical (unpaired) electrons. The molecule has 0 bridgehead atoms. The van der Waals surface area contributed by atoms with Crippen LogP contribution in [0.1, 0.15) is 31.4 Å². The molecule has 10 heteroatoms. The van der Waals surface area contributed by atoms with E-state index in [4.69, 9.17) is 9.47 Å². The van der Waals surface area contributed by atoms with Gasteiger partial charge in [-0.3, -0.25) is 9.36 Å². The molecular formula is C25H29N3O7. The number of hydrogen-bond donors (Lipinski definition) is 2. The Labute approximate surface area is 202 Å². The number of carbonyl (C=O) groups excluding carboxylic acids is 2. The van der Waals surface area contributed by atoms with Crippen molar-refractivity contribution in [2.24, 2.45) is 10.2 Å². The molecule has 0 aliphatic carbocycles. The van der Waals surface area contributed by atoms with E-state index in [1.54, 1.807) is 31.2 Å². The first kappa shape index (κ1) is 27.0. The second-order valence-corrected chi connectivity index (χ2v) is 7.91. The van der Waals surface area contributed by atoms with Crippen molar-refractivity contribution in [1.29, 1.82) is 0 Å². The molecule has 186 valence electrons. The Kier molecular flexibility index (Phi) is 9.51. The van der Waals surface area contributed by atoms with Gasteiger partial charge in [-0.05, 0) is 44.9 Å². The molecular weight excluding hydrogens is 454 g/mol. The van der Waals surface area contributed by atoms with Crippen molar-refractivity contribution in [3.63, 3.8) is 0 Å². The number of hydrogen-bond acceptors (Lipinski definition) is 9. The lowest BCUT2D eigenvalue weighted by molar-refractivity contribution is -0.139. The summed E-state index contributed by atoms with van der Waals surface area (Å²) in [4.78, 5) is 35.3. The Hall–Kier alpha value is -4.21. The molecule has 0 fully saturated rings. The van der Waals surface area contributed by atoms with E-state index in [1.807, 2.05) is 0 Å². The molecule has 1 aromatic heterocycles. The molecule has 35 heavy (non-hydrogen) atoms. The average Bonchev–Trinajstić information content (AvgIpc) is 2.82. The van der Waals surface area contributed by atoms with Crippen LogP contribution in [0.2, 0.25) is 0 Å². The van der Waals surface area contributed by atoms with Gasteiger partial charge in [0.1, 0.15) is 0 Å². The number of pyridine rings is 1. The summed E-state index contributed by atoms with van der Waals surface area (Å²) in [5, 5.41) is 28.9. The Bertz CT molecular complexity index is 1210. The van der Waals surface area contributed by atoms with Crippen LogP contribution in [0.5, 0.6) is 11.6 Å². The second kappa shape index (κ2) is 12.3. The number of nitrogens with zero attached hydrogens (tertiary/aromatic N) is 3. The number of benzene rings is 1. The number of azo groups is 1. The van der Waals surface area contributed by atoms with Gasteiger partial charge in [0.15, 0.2) is 11.4 Å². The van der Waals surface area contributed by atoms with Crippen molar-refractivity contribution in [3.8, 4) is 11.6 Å². The molecule has 0 aliphatic rings. The van der Waals surface area contributed by atoms with E-state index in [2.05, 4.69) is 23.4 Å². The summed E-state index contributed by atoms with van der Waals surface area (Å²) in [6, 6.07) is 6.97. The summed E-state index contributed by atoms with van der Waals surface area (Å²) in [5.74, 6) is -2.02. The van der Waals surface area contributed by atoms with Gasteiger partial charge in [-0.15, -0.1) is 5.11 Å². The van der Waals surface area contributed by atoms with Crippen LogP contribution >= 0.6 is 0 Å². The Balaban J connectivity index is 2.11. The zero-order valence-corrected chi connectivity index (χ0v) is 20.0. The minimum atomic E-state index is -0.790. The van der Waals surface area contributed by atoms with Gasteiger partial charge in [0, 0.05) is 29.7 Å². The number of aromatic nitrogens is 1. The SMILES string of the molecule is C=C(C)C(=O)OCCCn1c(O)c(N=Nc2ccc(CCOC(=O)C(=C)C)cc2)c(C)c(O)c1=O. The van der Waals surface area contributed by atoms with Gasteiger partial charge < -0.3 is 19.7 Å². The highest BCUT2D eigenvalue weighted by atomic mass is 16.5. The van der Waals surface area contributed by atoms with E-state index in [9.17, 15) is 24.6 Å². The van der Waals surface area contributed by atoms with Crippen molar-refractivity contribution in [2.45, 2.75) is 40.2 Å². The van der Waals surface area contributed by atoms with Crippen LogP contribution in [0.4, 0.5) is 11.4 Å². The summed E-state index contributed by atoms with van der Waals surface area (Å²) in [7, 11) is 0. The van der Waals surface area contributed by atoms with Crippen molar-refractivity contribution in [2.75, 3.05) is 13.2 Å². The lowest BCUT2D eigenvalue weighted by atomic mass is 10.1. The maximum atomic E-state index is 12.4. The van der Waals surface area contributed by atoms with Crippen LogP contribution in [0, 0.1) is 6.92 Å². The summed E-state index contributed by atoms with van der Waals surface area (Å²) in [5.41, 5.74) is 1.20. The van der Waals surface area contributed by atoms with Crippen LogP contribution in [-0.2, 0) is 32.0 Å². The lowest BCUT2D eigenvalue weighted by Crippen LogP contribution is -2.21. The first-order chi connectivity index (χ1) is 16.5. The Morgan fingerprint density at radius 1 is 0.971 bits per heavy atom. The first-order valence-electron chi connectivity index (χ1n) is 10.8. The zero-order valence-electron chi connectivity index (χ0n) is 20.0. The van der Waals surface area contributed by atoms with Gasteiger partial charge in [-0.1, -0.05) is 25.3 Å². The maximum Gasteiger partial charge on any atom is 0.333 e. The number of esters is 2. The number of rotatable bonds is 11. The van der Waals surface area contributed by atoms with Crippen molar-refractivity contribution >= 4 is 23.3 Å². The molecule has 1 heterocycles. The van der Waals surface area contributed by atoms with Crippen molar-refractivity contribution < 1.29 is 29.3 Å². The molecule has 10 nitrogen and oxygen atoms in total. The van der Waals surface area contributed by atoms with Crippen molar-refractivity contribution in [1.82, 2.24) is 4.57 Å². The largest absolute Gasteiger partial charge is 0.503 e. The highest BCUT2D eigenvalue weighted by Gasteiger charge is 2.19. The molecule has 0 saturated heterocycles. The van der Waals surface area contributed by atoms with Crippen LogP contribution in [-0.4, -0.2) is 39.9 Å². The molecule has 0 amide bonds. The second-order valence-electron chi connectivity index (χ2n) is 7.91. The molecule has 0 atom stereocenters. The molecule has 1 aromatic carbocycles. The van der Waals surface area contributed by atoms with Gasteiger partial charge in [0.05, 0.1) is 18.9 Å². The number of aromatic hydroxyl groups is 2. The molecule has 0 saturated carbocycles. The molecule has 0 aliphatic heterocycles. The highest BCUT2D eigenvalue weighted by Crippen LogP contribution is 2.34. The number of ether oxygens (including phenoxy) is 2. The Morgan fingerprint density at radius 2 is 1.54 bits per heavy atom. The monoisotopic (exact) mass is 483 g/mol. The fraction of sp³-hybridized carbons (Fsp3) is 0.320. The van der Waals surface area contributed by atoms with Crippen LogP contribution in [0.25, 0.3) is 0 Å². The molecule has 0 unspecified atom stereocenters. The minimum absolute atomic E-state index is 0.00179. The first-order valence-corrected chi connectivity index (χ1v) is 10.8. The van der Waals surface area contributed by atoms with E-state index >= 15 is 0 Å². The van der Waals surface area contributed by atoms with Gasteiger partial charge in [0.2, 0.25) is 5.88 Å². The quantitative estimate of drug-likeness (QED) is 0.212. The predicted octanol–water partition coefficient (Wildman–Crippen LogP) is 4.15. The molecule has 2 rings (SSSR count). The Morgan fingerprint density at radius 3 is 2.11 bits per heavy atom. The van der Waals surface area contributed by atoms with Crippen LogP contribution < -0.4 is 5.56 Å². The third kappa shape index (κ3) is 7.39. The van der Waals surface area contributed by atoms with Gasteiger partial charge in [-0.2, -0.15) is 5.11 Å². The fourth-order valence-corrected chi connectivity index (χ4v) is 2.85. The normalized spacial score (nSPS) is 10.8. The van der Waals surface area contributed by atoms with E-state index in [-0.39, 0.29) is 43.0 Å². The predicted molar refractivity (Wildman–Crippen MR) is 129 cm³/mol. The van der Waals surface area contributed by atoms with Gasteiger partial charge >= 0.3 is 11.9 Å². The highest BCUT2D eigenvalue weighted by molar-refractivity contribution is 5.87. The molecule has 2 N–H and O–H groups in total. The minimum Gasteiger partial charge on any atom is -0.503 e. The molecule has 2 aromatic rings. The summed E-state index contributed by atoms with van der Waals surface area (Å²) in [6.45, 7) is 11.7. The van der Waals surface area contributed by atoms with Crippen molar-refractivity contribution in [3.05, 3.63) is 70.1 Å². The third-order valence-corrected chi connectivity index (χ3v) is 4.91. The van der Waals surface area contributed by atoms with E-state index in [0.29, 0.717) is 17.7 Å². The molecule has 0 spiro atoms. The van der Waals surface area contributed by atoms with Crippen LogP contribution in [0.15, 0.2) is 63.6 Å². The zero-order chi connectivity index (χ0) is 26.1. The standard InChI is InChI=1S/C25H29N3O7/c1-15(2)24(32)34-13-6-12-28-22(30)20(17(5)21(29)23(28)31)27-26-19-9-7-18(8-10-19)11-14-35-25(33)16(3)4/h7-10,29-30H,1,3,6,11-14H2,2,4-5H3. The van der Waals surface area contributed by atoms with Gasteiger partial charge in [-0.25, -0.2) is 9.59 Å². The third-order valence-electron chi connectivity index (χ3n) is 4.91.